The van der Waals surface area contributed by atoms with E-state index in [1.165, 1.54) is 11.8 Å². The van der Waals surface area contributed by atoms with Crippen molar-refractivity contribution in [3.05, 3.63) is 34.3 Å². The highest BCUT2D eigenvalue weighted by Gasteiger charge is 1.96. The highest BCUT2D eigenvalue weighted by atomic mass is 79.9. The fourth-order valence-corrected chi connectivity index (χ4v) is 1.30. The molecule has 3 nitrogen and oxygen atoms in total. The van der Waals surface area contributed by atoms with Gasteiger partial charge in [-0.05, 0) is 30.9 Å². The Hall–Kier alpha value is -0.810. The van der Waals surface area contributed by atoms with Crippen LogP contribution in [0.25, 0.3) is 0 Å². The largest absolute Gasteiger partial charge is 0.377 e. The lowest BCUT2D eigenvalue weighted by molar-refractivity contribution is 1.23. The molecule has 0 unspecified atom stereocenters. The number of hydrogen-bond donors (Lipinski definition) is 1. The Labute approximate surface area is 102 Å². The van der Waals surface area contributed by atoms with E-state index in [0.717, 1.165) is 15.7 Å². The van der Waals surface area contributed by atoms with Gasteiger partial charge in [-0.1, -0.05) is 39.8 Å². The number of hydrogen-bond acceptors (Lipinski definition) is 3. The van der Waals surface area contributed by atoms with Crippen LogP contribution >= 0.6 is 27.7 Å². The zero-order chi connectivity index (χ0) is 11.3. The quantitative estimate of drug-likeness (QED) is 0.516. The highest BCUT2D eigenvalue weighted by Crippen LogP contribution is 2.11. The van der Waals surface area contributed by atoms with Gasteiger partial charge in [-0.2, -0.15) is 5.10 Å². The number of amidine groups is 1. The number of thioether (sulfide) groups is 1. The van der Waals surface area contributed by atoms with Crippen molar-refractivity contribution in [1.82, 2.24) is 0 Å². The van der Waals surface area contributed by atoms with Crippen LogP contribution in [0.5, 0.6) is 0 Å². The van der Waals surface area contributed by atoms with Gasteiger partial charge in [0, 0.05) is 4.47 Å². The van der Waals surface area contributed by atoms with Crippen LogP contribution in [0.4, 0.5) is 0 Å². The van der Waals surface area contributed by atoms with E-state index in [2.05, 4.69) is 26.1 Å². The van der Waals surface area contributed by atoms with Gasteiger partial charge in [-0.25, -0.2) is 0 Å². The lowest BCUT2D eigenvalue weighted by Crippen LogP contribution is -2.05. The first-order chi connectivity index (χ1) is 7.13. The van der Waals surface area contributed by atoms with Gasteiger partial charge < -0.3 is 5.73 Å². The fraction of sp³-hybridized carbons (Fsp3) is 0.200. The number of rotatable bonds is 2. The highest BCUT2D eigenvalue weighted by molar-refractivity contribution is 9.10. The molecule has 0 aliphatic carbocycles. The average molecular weight is 286 g/mol. The molecular formula is C10H12BrN3S. The van der Waals surface area contributed by atoms with Crippen LogP contribution in [0.2, 0.25) is 0 Å². The number of nitrogens with two attached hydrogens (primary N) is 1. The predicted octanol–water partition coefficient (Wildman–Crippen LogP) is 2.85. The van der Waals surface area contributed by atoms with Gasteiger partial charge in [-0.15, -0.1) is 5.10 Å². The molecule has 5 heteroatoms. The van der Waals surface area contributed by atoms with Gasteiger partial charge in [0.05, 0.1) is 5.71 Å². The lowest BCUT2D eigenvalue weighted by atomic mass is 10.1. The summed E-state index contributed by atoms with van der Waals surface area (Å²) in [6, 6.07) is 7.90. The average Bonchev–Trinajstić information content (AvgIpc) is 2.26. The molecule has 0 radical (unpaired) electrons. The third-order valence-corrected chi connectivity index (χ3v) is 2.80. The molecule has 0 saturated carbocycles. The number of benzene rings is 1. The van der Waals surface area contributed by atoms with E-state index < -0.39 is 0 Å². The normalized spacial score (nSPS) is 13.0. The van der Waals surface area contributed by atoms with Crippen LogP contribution < -0.4 is 5.73 Å². The Morgan fingerprint density at radius 3 is 2.40 bits per heavy atom. The monoisotopic (exact) mass is 285 g/mol. The molecule has 0 fully saturated rings. The molecule has 0 saturated heterocycles. The second-order valence-corrected chi connectivity index (χ2v) is 4.58. The molecule has 80 valence electrons. The van der Waals surface area contributed by atoms with Crippen molar-refractivity contribution in [1.29, 1.82) is 0 Å². The van der Waals surface area contributed by atoms with Crippen LogP contribution in [0.15, 0.2) is 38.9 Å². The maximum atomic E-state index is 5.52. The Morgan fingerprint density at radius 1 is 1.27 bits per heavy atom. The Balaban J connectivity index is 2.85. The smallest absolute Gasteiger partial charge is 0.180 e. The molecule has 1 rings (SSSR count). The zero-order valence-electron chi connectivity index (χ0n) is 8.57. The molecule has 0 aliphatic heterocycles. The van der Waals surface area contributed by atoms with Gasteiger partial charge in [0.2, 0.25) is 0 Å². The van der Waals surface area contributed by atoms with Gasteiger partial charge >= 0.3 is 0 Å². The molecule has 0 amide bonds. The Bertz CT molecular complexity index is 384. The van der Waals surface area contributed by atoms with Gasteiger partial charge in [0.15, 0.2) is 5.17 Å². The van der Waals surface area contributed by atoms with E-state index in [1.54, 1.807) is 0 Å². The minimum Gasteiger partial charge on any atom is -0.377 e. The van der Waals surface area contributed by atoms with Crippen molar-refractivity contribution >= 4 is 38.6 Å². The second-order valence-electron chi connectivity index (χ2n) is 2.83. The zero-order valence-corrected chi connectivity index (χ0v) is 11.0. The standard InChI is InChI=1S/C10H12BrN3S/c1-7(13-14-10(12)15-2)8-3-5-9(11)6-4-8/h3-6H,1-2H3,(H2,12,14)/b13-7+. The van der Waals surface area contributed by atoms with Gasteiger partial charge in [-0.3, -0.25) is 0 Å². The first-order valence-corrected chi connectivity index (χ1v) is 6.33. The molecule has 0 heterocycles. The van der Waals surface area contributed by atoms with E-state index >= 15 is 0 Å². The SMILES string of the molecule is CS/C(N)=N/N=C(\C)c1ccc(Br)cc1. The third-order valence-electron chi connectivity index (χ3n) is 1.77. The number of nitrogens with zero attached hydrogens (tertiary/aromatic N) is 2. The maximum absolute atomic E-state index is 5.52. The van der Waals surface area contributed by atoms with Gasteiger partial charge in [0.1, 0.15) is 0 Å². The minimum absolute atomic E-state index is 0.464. The molecule has 0 spiro atoms. The van der Waals surface area contributed by atoms with Gasteiger partial charge in [0.25, 0.3) is 0 Å². The lowest BCUT2D eigenvalue weighted by Gasteiger charge is -1.98. The molecule has 0 atom stereocenters. The Morgan fingerprint density at radius 2 is 1.87 bits per heavy atom. The van der Waals surface area contributed by atoms with Crippen LogP contribution in [0, 0.1) is 0 Å². The molecule has 0 aliphatic rings. The molecule has 1 aromatic carbocycles. The van der Waals surface area contributed by atoms with Crippen molar-refractivity contribution < 1.29 is 0 Å². The summed E-state index contributed by atoms with van der Waals surface area (Å²) in [5.41, 5.74) is 7.41. The van der Waals surface area contributed by atoms with E-state index in [9.17, 15) is 0 Å². The summed E-state index contributed by atoms with van der Waals surface area (Å²) >= 11 is 4.75. The molecule has 0 aromatic heterocycles. The van der Waals surface area contributed by atoms with Crippen molar-refractivity contribution in [3.8, 4) is 0 Å². The van der Waals surface area contributed by atoms with E-state index in [-0.39, 0.29) is 0 Å². The Kier molecular flexibility index (Phi) is 4.84. The van der Waals surface area contributed by atoms with Crippen molar-refractivity contribution in [3.63, 3.8) is 0 Å². The summed E-state index contributed by atoms with van der Waals surface area (Å²) in [5, 5.41) is 8.38. The molecule has 2 N–H and O–H groups in total. The third kappa shape index (κ3) is 4.05. The molecule has 0 bridgehead atoms. The maximum Gasteiger partial charge on any atom is 0.180 e. The fourth-order valence-electron chi connectivity index (χ4n) is 0.914. The summed E-state index contributed by atoms with van der Waals surface area (Å²) < 4.78 is 1.05. The minimum atomic E-state index is 0.464. The summed E-state index contributed by atoms with van der Waals surface area (Å²) in [4.78, 5) is 0. The van der Waals surface area contributed by atoms with Crippen LogP contribution in [0.3, 0.4) is 0 Å². The van der Waals surface area contributed by atoms with E-state index in [1.807, 2.05) is 37.4 Å². The molecular weight excluding hydrogens is 274 g/mol. The molecule has 15 heavy (non-hydrogen) atoms. The second kappa shape index (κ2) is 5.92. The van der Waals surface area contributed by atoms with Crippen molar-refractivity contribution in [2.45, 2.75) is 6.92 Å². The van der Waals surface area contributed by atoms with Crippen LogP contribution in [-0.2, 0) is 0 Å². The topological polar surface area (TPSA) is 50.7 Å². The predicted molar refractivity (Wildman–Crippen MR) is 71.5 cm³/mol. The van der Waals surface area contributed by atoms with Crippen LogP contribution in [-0.4, -0.2) is 17.1 Å². The van der Waals surface area contributed by atoms with Crippen LogP contribution in [0.1, 0.15) is 12.5 Å². The number of halogens is 1. The molecule has 1 aromatic rings. The first-order valence-electron chi connectivity index (χ1n) is 4.31. The van der Waals surface area contributed by atoms with E-state index in [0.29, 0.717) is 5.17 Å². The summed E-state index contributed by atoms with van der Waals surface area (Å²) in [5.74, 6) is 0. The van der Waals surface area contributed by atoms with Crippen molar-refractivity contribution in [2.24, 2.45) is 15.9 Å². The van der Waals surface area contributed by atoms with Crippen molar-refractivity contribution in [2.75, 3.05) is 6.26 Å². The first kappa shape index (κ1) is 12.3. The van der Waals surface area contributed by atoms with E-state index in [4.69, 9.17) is 5.73 Å². The summed E-state index contributed by atoms with van der Waals surface area (Å²) in [6.45, 7) is 1.90. The summed E-state index contributed by atoms with van der Waals surface area (Å²) in [6.07, 6.45) is 1.86. The summed E-state index contributed by atoms with van der Waals surface area (Å²) in [7, 11) is 0.